The van der Waals surface area contributed by atoms with Crippen LogP contribution in [0.3, 0.4) is 0 Å². The van der Waals surface area contributed by atoms with Crippen LogP contribution in [0.2, 0.25) is 0 Å². The molecular formula is C21H22N4O2. The van der Waals surface area contributed by atoms with Crippen molar-refractivity contribution in [2.24, 2.45) is 5.92 Å². The average Bonchev–Trinajstić information content (AvgIpc) is 3.28. The molecule has 0 N–H and O–H groups in total. The van der Waals surface area contributed by atoms with Crippen molar-refractivity contribution in [3.63, 3.8) is 0 Å². The molecule has 1 aromatic carbocycles. The van der Waals surface area contributed by atoms with Gasteiger partial charge in [0, 0.05) is 56.6 Å². The number of aromatic nitrogens is 3. The van der Waals surface area contributed by atoms with Crippen LogP contribution in [-0.2, 0) is 17.9 Å². The standard InChI is InChI=1S/C21H22N4O2/c1-24-13-16(12-20(24)26)14-25-11-10-23-21(25)17-5-7-19(8-6-17)27-15-18-4-2-3-9-22-18/h2-11,16H,12-15H2,1H3. The van der Waals surface area contributed by atoms with Crippen molar-refractivity contribution in [3.05, 3.63) is 66.7 Å². The second kappa shape index (κ2) is 7.61. The Morgan fingerprint density at radius 3 is 2.67 bits per heavy atom. The molecule has 2 aromatic heterocycles. The summed E-state index contributed by atoms with van der Waals surface area (Å²) in [6.07, 6.45) is 6.15. The fourth-order valence-electron chi connectivity index (χ4n) is 3.41. The third kappa shape index (κ3) is 4.00. The van der Waals surface area contributed by atoms with E-state index in [-0.39, 0.29) is 5.91 Å². The molecule has 3 aromatic rings. The van der Waals surface area contributed by atoms with E-state index in [1.807, 2.05) is 55.7 Å². The number of pyridine rings is 1. The van der Waals surface area contributed by atoms with E-state index in [0.717, 1.165) is 35.9 Å². The van der Waals surface area contributed by atoms with E-state index < -0.39 is 0 Å². The lowest BCUT2D eigenvalue weighted by molar-refractivity contribution is -0.126. The van der Waals surface area contributed by atoms with Gasteiger partial charge < -0.3 is 14.2 Å². The van der Waals surface area contributed by atoms with Crippen molar-refractivity contribution in [2.45, 2.75) is 19.6 Å². The summed E-state index contributed by atoms with van der Waals surface area (Å²) in [5.74, 6) is 2.26. The van der Waals surface area contributed by atoms with Gasteiger partial charge in [0.05, 0.1) is 5.69 Å². The van der Waals surface area contributed by atoms with Crippen LogP contribution in [0.25, 0.3) is 11.4 Å². The summed E-state index contributed by atoms with van der Waals surface area (Å²) in [7, 11) is 1.86. The van der Waals surface area contributed by atoms with E-state index >= 15 is 0 Å². The van der Waals surface area contributed by atoms with E-state index in [1.165, 1.54) is 0 Å². The Morgan fingerprint density at radius 1 is 1.11 bits per heavy atom. The monoisotopic (exact) mass is 362 g/mol. The van der Waals surface area contributed by atoms with E-state index in [2.05, 4.69) is 14.5 Å². The Labute approximate surface area is 158 Å². The van der Waals surface area contributed by atoms with Crippen LogP contribution in [0, 0.1) is 5.92 Å². The van der Waals surface area contributed by atoms with Gasteiger partial charge in [-0.25, -0.2) is 4.98 Å². The number of hydrogen-bond donors (Lipinski definition) is 0. The molecular weight excluding hydrogens is 340 g/mol. The Bertz CT molecular complexity index is 905. The van der Waals surface area contributed by atoms with Gasteiger partial charge >= 0.3 is 0 Å². The van der Waals surface area contributed by atoms with Gasteiger partial charge in [-0.1, -0.05) is 6.07 Å². The predicted molar refractivity (Wildman–Crippen MR) is 102 cm³/mol. The van der Waals surface area contributed by atoms with Crippen LogP contribution in [0.5, 0.6) is 5.75 Å². The first-order valence-electron chi connectivity index (χ1n) is 9.07. The normalized spacial score (nSPS) is 16.7. The molecule has 1 atom stereocenters. The minimum atomic E-state index is 0.219. The largest absolute Gasteiger partial charge is 0.487 e. The SMILES string of the molecule is CN1CC(Cn2ccnc2-c2ccc(OCc3ccccn3)cc2)CC1=O. The molecule has 4 rings (SSSR count). The first-order valence-corrected chi connectivity index (χ1v) is 9.07. The van der Waals surface area contributed by atoms with Crippen LogP contribution >= 0.6 is 0 Å². The minimum Gasteiger partial charge on any atom is -0.487 e. The highest BCUT2D eigenvalue weighted by Crippen LogP contribution is 2.24. The molecule has 0 spiro atoms. The number of ether oxygens (including phenoxy) is 1. The first-order chi connectivity index (χ1) is 13.2. The number of likely N-dealkylation sites (tertiary alicyclic amines) is 1. The summed E-state index contributed by atoms with van der Waals surface area (Å²) in [4.78, 5) is 22.3. The third-order valence-corrected chi connectivity index (χ3v) is 4.82. The zero-order chi connectivity index (χ0) is 18.6. The Balaban J connectivity index is 1.42. The molecule has 3 heterocycles. The van der Waals surface area contributed by atoms with Crippen molar-refractivity contribution in [3.8, 4) is 17.1 Å². The highest BCUT2D eigenvalue weighted by Gasteiger charge is 2.27. The van der Waals surface area contributed by atoms with Crippen LogP contribution in [-0.4, -0.2) is 38.9 Å². The third-order valence-electron chi connectivity index (χ3n) is 4.82. The number of imidazole rings is 1. The van der Waals surface area contributed by atoms with Crippen LogP contribution < -0.4 is 4.74 Å². The highest BCUT2D eigenvalue weighted by atomic mass is 16.5. The second-order valence-electron chi connectivity index (χ2n) is 6.88. The molecule has 1 aliphatic rings. The predicted octanol–water partition coefficient (Wildman–Crippen LogP) is 3.00. The molecule has 0 aliphatic carbocycles. The zero-order valence-electron chi connectivity index (χ0n) is 15.3. The van der Waals surface area contributed by atoms with E-state index in [4.69, 9.17) is 4.74 Å². The van der Waals surface area contributed by atoms with Gasteiger partial charge in [0.15, 0.2) is 0 Å². The maximum absolute atomic E-state index is 11.8. The molecule has 1 aliphatic heterocycles. The first kappa shape index (κ1) is 17.3. The minimum absolute atomic E-state index is 0.219. The van der Waals surface area contributed by atoms with Crippen molar-refractivity contribution >= 4 is 5.91 Å². The van der Waals surface area contributed by atoms with Gasteiger partial charge in [-0.3, -0.25) is 9.78 Å². The number of amides is 1. The number of rotatable bonds is 6. The fourth-order valence-corrected chi connectivity index (χ4v) is 3.41. The molecule has 0 saturated carbocycles. The van der Waals surface area contributed by atoms with Gasteiger partial charge in [0.1, 0.15) is 18.2 Å². The van der Waals surface area contributed by atoms with Gasteiger partial charge in [0.25, 0.3) is 0 Å². The van der Waals surface area contributed by atoms with Crippen molar-refractivity contribution < 1.29 is 9.53 Å². The average molecular weight is 362 g/mol. The topological polar surface area (TPSA) is 60.3 Å². The lowest BCUT2D eigenvalue weighted by atomic mass is 10.1. The maximum Gasteiger partial charge on any atom is 0.222 e. The van der Waals surface area contributed by atoms with Crippen LogP contribution in [0.4, 0.5) is 0 Å². The quantitative estimate of drug-likeness (QED) is 0.676. The number of nitrogens with zero attached hydrogens (tertiary/aromatic N) is 4. The second-order valence-corrected chi connectivity index (χ2v) is 6.88. The smallest absolute Gasteiger partial charge is 0.222 e. The lowest BCUT2D eigenvalue weighted by Crippen LogP contribution is -2.20. The molecule has 138 valence electrons. The number of benzene rings is 1. The molecule has 1 amide bonds. The molecule has 6 heteroatoms. The zero-order valence-corrected chi connectivity index (χ0v) is 15.3. The van der Waals surface area contributed by atoms with Gasteiger partial charge in [-0.15, -0.1) is 0 Å². The number of carbonyl (C=O) groups is 1. The van der Waals surface area contributed by atoms with E-state index in [9.17, 15) is 4.79 Å². The van der Waals surface area contributed by atoms with Crippen LogP contribution in [0.15, 0.2) is 61.1 Å². The van der Waals surface area contributed by atoms with Gasteiger partial charge in [-0.05, 0) is 36.4 Å². The molecule has 1 unspecified atom stereocenters. The molecule has 1 fully saturated rings. The van der Waals surface area contributed by atoms with Crippen molar-refractivity contribution in [2.75, 3.05) is 13.6 Å². The number of hydrogen-bond acceptors (Lipinski definition) is 4. The van der Waals surface area contributed by atoms with Crippen molar-refractivity contribution in [1.29, 1.82) is 0 Å². The summed E-state index contributed by atoms with van der Waals surface area (Å²) in [6.45, 7) is 2.04. The molecule has 27 heavy (non-hydrogen) atoms. The Hall–Kier alpha value is -3.15. The molecule has 6 nitrogen and oxygen atoms in total. The molecule has 0 bridgehead atoms. The van der Waals surface area contributed by atoms with E-state index in [1.54, 1.807) is 17.3 Å². The molecule has 1 saturated heterocycles. The van der Waals surface area contributed by atoms with E-state index in [0.29, 0.717) is 18.9 Å². The van der Waals surface area contributed by atoms with Crippen LogP contribution in [0.1, 0.15) is 12.1 Å². The summed E-state index contributed by atoms with van der Waals surface area (Å²) >= 11 is 0. The van der Waals surface area contributed by atoms with Gasteiger partial charge in [-0.2, -0.15) is 0 Å². The summed E-state index contributed by atoms with van der Waals surface area (Å²) < 4.78 is 7.92. The molecule has 0 radical (unpaired) electrons. The summed E-state index contributed by atoms with van der Waals surface area (Å²) in [5.41, 5.74) is 1.93. The maximum atomic E-state index is 11.8. The number of carbonyl (C=O) groups excluding carboxylic acids is 1. The fraction of sp³-hybridized carbons (Fsp3) is 0.286. The lowest BCUT2D eigenvalue weighted by Gasteiger charge is -2.13. The Kier molecular flexibility index (Phi) is 4.87. The summed E-state index contributed by atoms with van der Waals surface area (Å²) in [5, 5.41) is 0. The summed E-state index contributed by atoms with van der Waals surface area (Å²) in [6, 6.07) is 13.7. The van der Waals surface area contributed by atoms with Gasteiger partial charge in [0.2, 0.25) is 5.91 Å². The Morgan fingerprint density at radius 2 is 1.96 bits per heavy atom. The van der Waals surface area contributed by atoms with Crippen molar-refractivity contribution in [1.82, 2.24) is 19.4 Å². The highest BCUT2D eigenvalue weighted by molar-refractivity contribution is 5.78.